The fourth-order valence-corrected chi connectivity index (χ4v) is 8.79. The van der Waals surface area contributed by atoms with E-state index in [1.165, 1.54) is 32.3 Å². The van der Waals surface area contributed by atoms with E-state index in [-0.39, 0.29) is 16.2 Å². The van der Waals surface area contributed by atoms with Crippen LogP contribution >= 0.6 is 8.60 Å². The van der Waals surface area contributed by atoms with Gasteiger partial charge in [0, 0.05) is 0 Å². The molecule has 1 radical (unpaired) electrons. The molecule has 5 heteroatoms. The molecule has 0 saturated carbocycles. The molecule has 3 aliphatic heterocycles. The van der Waals surface area contributed by atoms with Gasteiger partial charge in [0.2, 0.25) is 0 Å². The van der Waals surface area contributed by atoms with E-state index in [1.807, 2.05) is 0 Å². The van der Waals surface area contributed by atoms with Crippen molar-refractivity contribution in [1.82, 2.24) is 0 Å². The topological polar surface area (TPSA) is 27.7 Å². The molecule has 0 fully saturated rings. The summed E-state index contributed by atoms with van der Waals surface area (Å²) in [7, 11) is -3.13. The Hall–Kier alpha value is -2.29. The molecule has 2 bridgehead atoms. The molecule has 0 atom stereocenters. The van der Waals surface area contributed by atoms with E-state index in [1.54, 1.807) is 0 Å². The standard InChI is InChI=1S/C30H36O3PSi/c1-28(2,3)19-10-13-22-25(16-19)35-26-17-20(29(4,5)6)11-14-23(26)32-34(31-22)33-24-15-12-21(18-27(24)35)30(7,8)9/h10-18H,1-9H3. The molecule has 0 unspecified atom stereocenters. The second-order valence-electron chi connectivity index (χ2n) is 12.8. The van der Waals surface area contributed by atoms with Crippen molar-refractivity contribution in [2.75, 3.05) is 0 Å². The number of rotatable bonds is 0. The molecule has 3 heterocycles. The van der Waals surface area contributed by atoms with Gasteiger partial charge < -0.3 is 13.6 Å². The van der Waals surface area contributed by atoms with Crippen molar-refractivity contribution < 1.29 is 13.6 Å². The first-order chi connectivity index (χ1) is 16.2. The highest BCUT2D eigenvalue weighted by Gasteiger charge is 2.40. The molecule has 3 nitrogen and oxygen atoms in total. The van der Waals surface area contributed by atoms with Gasteiger partial charge in [-0.25, -0.2) is 0 Å². The Kier molecular flexibility index (Phi) is 5.66. The van der Waals surface area contributed by atoms with Crippen LogP contribution in [0.25, 0.3) is 0 Å². The highest BCUT2D eigenvalue weighted by atomic mass is 31.2. The first kappa shape index (κ1) is 24.4. The van der Waals surface area contributed by atoms with Crippen LogP contribution in [0.1, 0.15) is 79.0 Å². The van der Waals surface area contributed by atoms with Gasteiger partial charge in [-0.1, -0.05) is 98.7 Å². The highest BCUT2D eigenvalue weighted by Crippen LogP contribution is 2.45. The predicted molar refractivity (Wildman–Crippen MR) is 149 cm³/mol. The highest BCUT2D eigenvalue weighted by molar-refractivity contribution is 7.43. The second kappa shape index (κ2) is 8.11. The zero-order valence-electron chi connectivity index (χ0n) is 22.4. The average molecular weight is 504 g/mol. The summed E-state index contributed by atoms with van der Waals surface area (Å²) in [5.74, 6) is 2.66. The molecule has 3 aromatic rings. The summed E-state index contributed by atoms with van der Waals surface area (Å²) in [6.07, 6.45) is 0. The Morgan fingerprint density at radius 2 is 0.771 bits per heavy atom. The van der Waals surface area contributed by atoms with Crippen molar-refractivity contribution in [3.8, 4) is 17.2 Å². The SMILES string of the molecule is CC(C)(C)c1ccc2c(c1)[Si]1c3cc(C(C)(C)C)ccc3OP(O2)Oc2ccc(C(C)(C)C)cc21. The molecule has 6 rings (SSSR count). The minimum Gasteiger partial charge on any atom is -0.409 e. The molecular weight excluding hydrogens is 467 g/mol. The molecule has 0 aromatic heterocycles. The van der Waals surface area contributed by atoms with Crippen molar-refractivity contribution in [3.63, 3.8) is 0 Å². The van der Waals surface area contributed by atoms with E-state index < -0.39 is 17.4 Å². The summed E-state index contributed by atoms with van der Waals surface area (Å²) in [6, 6.07) is 20.1. The first-order valence-corrected chi connectivity index (χ1v) is 15.0. The average Bonchev–Trinajstić information content (AvgIpc) is 2.71. The Labute approximate surface area is 213 Å². The zero-order valence-corrected chi connectivity index (χ0v) is 24.3. The Morgan fingerprint density at radius 1 is 0.486 bits per heavy atom. The van der Waals surface area contributed by atoms with E-state index in [4.69, 9.17) is 13.6 Å². The summed E-state index contributed by atoms with van der Waals surface area (Å²) in [5, 5.41) is 3.84. The third kappa shape index (κ3) is 4.52. The van der Waals surface area contributed by atoms with Crippen LogP contribution in [0.2, 0.25) is 0 Å². The van der Waals surface area contributed by atoms with Gasteiger partial charge in [0.25, 0.3) is 0 Å². The largest absolute Gasteiger partial charge is 0.530 e. The number of hydrogen-bond donors (Lipinski definition) is 0. The van der Waals surface area contributed by atoms with E-state index in [9.17, 15) is 0 Å². The fraction of sp³-hybridized carbons (Fsp3) is 0.400. The Balaban J connectivity index is 1.86. The third-order valence-electron chi connectivity index (χ3n) is 6.86. The molecule has 3 aromatic carbocycles. The molecular formula is C30H36O3PSi. The van der Waals surface area contributed by atoms with Gasteiger partial charge in [-0.3, -0.25) is 0 Å². The fourth-order valence-electron chi connectivity index (χ4n) is 4.55. The normalized spacial score (nSPS) is 16.0. The molecule has 0 amide bonds. The minimum absolute atomic E-state index is 0.0401. The van der Waals surface area contributed by atoms with Crippen LogP contribution in [-0.4, -0.2) is 8.80 Å². The monoisotopic (exact) mass is 503 g/mol. The van der Waals surface area contributed by atoms with Gasteiger partial charge in [-0.05, 0) is 66.7 Å². The zero-order chi connectivity index (χ0) is 25.3. The molecule has 35 heavy (non-hydrogen) atoms. The van der Waals surface area contributed by atoms with Gasteiger partial charge >= 0.3 is 8.60 Å². The minimum atomic E-state index is -1.63. The van der Waals surface area contributed by atoms with Gasteiger partial charge in [-0.15, -0.1) is 0 Å². The predicted octanol–water partition coefficient (Wildman–Crippen LogP) is 6.49. The van der Waals surface area contributed by atoms with Crippen LogP contribution in [0.4, 0.5) is 0 Å². The van der Waals surface area contributed by atoms with Gasteiger partial charge in [0.15, 0.2) is 8.80 Å². The molecule has 3 aliphatic rings. The number of hydrogen-bond acceptors (Lipinski definition) is 3. The lowest BCUT2D eigenvalue weighted by Gasteiger charge is -2.35. The van der Waals surface area contributed by atoms with Crippen LogP contribution < -0.4 is 29.1 Å². The third-order valence-corrected chi connectivity index (χ3v) is 10.7. The molecule has 0 aliphatic carbocycles. The smallest absolute Gasteiger partial charge is 0.409 e. The maximum Gasteiger partial charge on any atom is 0.530 e. The van der Waals surface area contributed by atoms with Crippen molar-refractivity contribution in [2.24, 2.45) is 0 Å². The lowest BCUT2D eigenvalue weighted by Crippen LogP contribution is -2.55. The quantitative estimate of drug-likeness (QED) is 0.259. The summed E-state index contributed by atoms with van der Waals surface area (Å²) in [4.78, 5) is 0. The maximum absolute atomic E-state index is 6.43. The van der Waals surface area contributed by atoms with E-state index >= 15 is 0 Å². The Morgan fingerprint density at radius 3 is 1.03 bits per heavy atom. The van der Waals surface area contributed by atoms with Crippen molar-refractivity contribution >= 4 is 33.0 Å². The van der Waals surface area contributed by atoms with Crippen LogP contribution in [0.3, 0.4) is 0 Å². The van der Waals surface area contributed by atoms with Crippen LogP contribution in [-0.2, 0) is 16.2 Å². The Bertz CT molecular complexity index is 1130. The first-order valence-electron chi connectivity index (χ1n) is 12.4. The summed E-state index contributed by atoms with van der Waals surface area (Å²) >= 11 is 0. The van der Waals surface area contributed by atoms with Crippen molar-refractivity contribution in [1.29, 1.82) is 0 Å². The lowest BCUT2D eigenvalue weighted by molar-refractivity contribution is 0.389. The molecule has 0 N–H and O–H groups in total. The van der Waals surface area contributed by atoms with Crippen LogP contribution in [0.5, 0.6) is 17.2 Å². The van der Waals surface area contributed by atoms with Crippen molar-refractivity contribution in [3.05, 3.63) is 71.3 Å². The van der Waals surface area contributed by atoms with E-state index in [0.29, 0.717) is 0 Å². The van der Waals surface area contributed by atoms with E-state index in [0.717, 1.165) is 17.2 Å². The second-order valence-corrected chi connectivity index (χ2v) is 16.1. The molecule has 0 saturated heterocycles. The molecule has 0 spiro atoms. The van der Waals surface area contributed by atoms with E-state index in [2.05, 4.69) is 117 Å². The van der Waals surface area contributed by atoms with Crippen LogP contribution in [0, 0.1) is 0 Å². The summed E-state index contributed by atoms with van der Waals surface area (Å²) in [5.41, 5.74) is 4.07. The van der Waals surface area contributed by atoms with Gasteiger partial charge in [0.05, 0.1) is 0 Å². The lowest BCUT2D eigenvalue weighted by atomic mass is 9.87. The summed E-state index contributed by atoms with van der Waals surface area (Å²) in [6.45, 7) is 20.4. The van der Waals surface area contributed by atoms with Crippen molar-refractivity contribution in [2.45, 2.75) is 78.6 Å². The maximum atomic E-state index is 6.43. The number of benzene rings is 3. The summed E-state index contributed by atoms with van der Waals surface area (Å²) < 4.78 is 19.3. The molecule has 183 valence electrons. The van der Waals surface area contributed by atoms with Gasteiger partial charge in [-0.2, -0.15) is 0 Å². The van der Waals surface area contributed by atoms with Gasteiger partial charge in [0.1, 0.15) is 17.2 Å². The van der Waals surface area contributed by atoms with Crippen LogP contribution in [0.15, 0.2) is 54.6 Å².